The van der Waals surface area contributed by atoms with Gasteiger partial charge in [0.25, 0.3) is 11.7 Å². The molecule has 2 rings (SSSR count). The van der Waals surface area contributed by atoms with E-state index in [2.05, 4.69) is 20.6 Å². The summed E-state index contributed by atoms with van der Waals surface area (Å²) >= 11 is 0. The number of rotatable bonds is 2. The monoisotopic (exact) mass is 211 g/mol. The third-order valence-corrected chi connectivity index (χ3v) is 2.60. The van der Waals surface area contributed by atoms with Crippen molar-refractivity contribution in [2.45, 2.75) is 18.9 Å². The third kappa shape index (κ3) is 2.12. The van der Waals surface area contributed by atoms with Crippen LogP contribution in [-0.2, 0) is 4.74 Å². The van der Waals surface area contributed by atoms with Crippen LogP contribution in [0.2, 0.25) is 0 Å². The highest BCUT2D eigenvalue weighted by Gasteiger charge is 2.25. The minimum absolute atomic E-state index is 0.130. The Bertz CT molecular complexity index is 318. The highest BCUT2D eigenvalue weighted by atomic mass is 16.5. The zero-order valence-corrected chi connectivity index (χ0v) is 8.51. The second kappa shape index (κ2) is 4.35. The standard InChI is InChI=1S/C8H13N5O2/c1-15-6-2-4-13(5-3-6)8(14)7-9-11-12-10-7/h6H,2-5H2,1H3,(H,9,10,11,12). The van der Waals surface area contributed by atoms with Crippen molar-refractivity contribution in [3.8, 4) is 0 Å². The molecule has 0 unspecified atom stereocenters. The predicted octanol–water partition coefficient (Wildman–Crippen LogP) is -0.549. The lowest BCUT2D eigenvalue weighted by atomic mass is 10.1. The van der Waals surface area contributed by atoms with E-state index in [-0.39, 0.29) is 17.8 Å². The first-order valence-corrected chi connectivity index (χ1v) is 4.87. The Morgan fingerprint density at radius 3 is 2.80 bits per heavy atom. The van der Waals surface area contributed by atoms with E-state index < -0.39 is 0 Å². The molecule has 2 heterocycles. The summed E-state index contributed by atoms with van der Waals surface area (Å²) in [6.07, 6.45) is 1.99. The SMILES string of the molecule is COC1CCN(C(=O)c2nn[nH]n2)CC1. The Morgan fingerprint density at radius 1 is 1.53 bits per heavy atom. The van der Waals surface area contributed by atoms with Crippen LogP contribution in [0.25, 0.3) is 0 Å². The highest BCUT2D eigenvalue weighted by molar-refractivity contribution is 5.90. The van der Waals surface area contributed by atoms with Crippen molar-refractivity contribution in [2.24, 2.45) is 0 Å². The largest absolute Gasteiger partial charge is 0.381 e. The predicted molar refractivity (Wildman–Crippen MR) is 50.1 cm³/mol. The molecule has 1 saturated heterocycles. The summed E-state index contributed by atoms with van der Waals surface area (Å²) in [5.41, 5.74) is 0. The fourth-order valence-electron chi connectivity index (χ4n) is 1.69. The number of hydrogen-bond acceptors (Lipinski definition) is 5. The van der Waals surface area contributed by atoms with E-state index in [0.29, 0.717) is 13.1 Å². The first-order valence-electron chi connectivity index (χ1n) is 4.87. The van der Waals surface area contributed by atoms with Crippen LogP contribution in [0.3, 0.4) is 0 Å². The van der Waals surface area contributed by atoms with Crippen molar-refractivity contribution in [3.05, 3.63) is 5.82 Å². The number of nitrogens with zero attached hydrogens (tertiary/aromatic N) is 4. The maximum absolute atomic E-state index is 11.8. The smallest absolute Gasteiger partial charge is 0.295 e. The lowest BCUT2D eigenvalue weighted by Gasteiger charge is -2.30. The lowest BCUT2D eigenvalue weighted by Crippen LogP contribution is -2.41. The minimum Gasteiger partial charge on any atom is -0.381 e. The fourth-order valence-corrected chi connectivity index (χ4v) is 1.69. The number of aromatic nitrogens is 4. The van der Waals surface area contributed by atoms with Gasteiger partial charge in [-0.2, -0.15) is 5.21 Å². The molecular formula is C8H13N5O2. The molecule has 1 amide bonds. The molecule has 82 valence electrons. The molecule has 1 fully saturated rings. The molecule has 1 N–H and O–H groups in total. The number of hydrogen-bond donors (Lipinski definition) is 1. The van der Waals surface area contributed by atoms with E-state index in [4.69, 9.17) is 4.74 Å². The Morgan fingerprint density at radius 2 is 2.27 bits per heavy atom. The second-order valence-electron chi connectivity index (χ2n) is 3.46. The highest BCUT2D eigenvalue weighted by Crippen LogP contribution is 2.13. The first-order chi connectivity index (χ1) is 7.31. The van der Waals surface area contributed by atoms with Crippen LogP contribution in [0.5, 0.6) is 0 Å². The van der Waals surface area contributed by atoms with Crippen LogP contribution in [0, 0.1) is 0 Å². The summed E-state index contributed by atoms with van der Waals surface area (Å²) in [4.78, 5) is 13.5. The van der Waals surface area contributed by atoms with Crippen LogP contribution in [0.4, 0.5) is 0 Å². The second-order valence-corrected chi connectivity index (χ2v) is 3.46. The Balaban J connectivity index is 1.93. The number of methoxy groups -OCH3 is 1. The maximum Gasteiger partial charge on any atom is 0.295 e. The summed E-state index contributed by atoms with van der Waals surface area (Å²) in [6.45, 7) is 1.37. The van der Waals surface area contributed by atoms with Crippen molar-refractivity contribution in [2.75, 3.05) is 20.2 Å². The number of ether oxygens (including phenoxy) is 1. The van der Waals surface area contributed by atoms with E-state index in [0.717, 1.165) is 12.8 Å². The molecule has 1 aliphatic heterocycles. The number of tetrazole rings is 1. The van der Waals surface area contributed by atoms with Crippen molar-refractivity contribution in [1.29, 1.82) is 0 Å². The minimum atomic E-state index is -0.168. The number of carbonyl (C=O) groups is 1. The number of amides is 1. The average molecular weight is 211 g/mol. The van der Waals surface area contributed by atoms with Gasteiger partial charge in [-0.15, -0.1) is 10.2 Å². The molecule has 0 bridgehead atoms. The van der Waals surface area contributed by atoms with Crippen LogP contribution in [-0.4, -0.2) is 57.7 Å². The number of carbonyl (C=O) groups excluding carboxylic acids is 1. The molecule has 1 aromatic rings. The van der Waals surface area contributed by atoms with Crippen molar-refractivity contribution >= 4 is 5.91 Å². The van der Waals surface area contributed by atoms with Gasteiger partial charge in [-0.25, -0.2) is 0 Å². The zero-order valence-electron chi connectivity index (χ0n) is 8.51. The van der Waals surface area contributed by atoms with Gasteiger partial charge in [0.15, 0.2) is 0 Å². The molecule has 0 aliphatic carbocycles. The molecule has 0 atom stereocenters. The summed E-state index contributed by atoms with van der Waals surface area (Å²) in [7, 11) is 1.70. The van der Waals surface area contributed by atoms with Crippen LogP contribution >= 0.6 is 0 Å². The van der Waals surface area contributed by atoms with Crippen molar-refractivity contribution < 1.29 is 9.53 Å². The normalized spacial score (nSPS) is 18.1. The maximum atomic E-state index is 11.8. The van der Waals surface area contributed by atoms with Gasteiger partial charge in [-0.3, -0.25) is 4.79 Å². The molecular weight excluding hydrogens is 198 g/mol. The molecule has 1 aliphatic rings. The summed E-state index contributed by atoms with van der Waals surface area (Å²) in [6, 6.07) is 0. The molecule has 0 aromatic carbocycles. The van der Waals surface area contributed by atoms with Crippen LogP contribution in [0.1, 0.15) is 23.5 Å². The molecule has 7 nitrogen and oxygen atoms in total. The number of piperidine rings is 1. The van der Waals surface area contributed by atoms with Crippen LogP contribution < -0.4 is 0 Å². The summed E-state index contributed by atoms with van der Waals surface area (Å²) < 4.78 is 5.22. The van der Waals surface area contributed by atoms with Gasteiger partial charge >= 0.3 is 0 Å². The topological polar surface area (TPSA) is 84.0 Å². The number of aromatic amines is 1. The molecule has 1 aromatic heterocycles. The Labute approximate surface area is 86.8 Å². The summed E-state index contributed by atoms with van der Waals surface area (Å²) in [5.74, 6) is -0.0378. The Hall–Kier alpha value is -1.50. The third-order valence-electron chi connectivity index (χ3n) is 2.60. The number of H-pyrrole nitrogens is 1. The molecule has 7 heteroatoms. The number of likely N-dealkylation sites (tertiary alicyclic amines) is 1. The molecule has 0 saturated carbocycles. The van der Waals surface area contributed by atoms with Gasteiger partial charge in [-0.1, -0.05) is 0 Å². The number of nitrogens with one attached hydrogen (secondary N) is 1. The van der Waals surface area contributed by atoms with Gasteiger partial charge in [0.2, 0.25) is 0 Å². The van der Waals surface area contributed by atoms with E-state index in [9.17, 15) is 4.79 Å². The lowest BCUT2D eigenvalue weighted by molar-refractivity contribution is 0.0344. The molecule has 0 spiro atoms. The van der Waals surface area contributed by atoms with Gasteiger partial charge in [0, 0.05) is 20.2 Å². The van der Waals surface area contributed by atoms with Gasteiger partial charge in [0.1, 0.15) is 0 Å². The van der Waals surface area contributed by atoms with E-state index in [1.54, 1.807) is 12.0 Å². The van der Waals surface area contributed by atoms with Crippen molar-refractivity contribution in [3.63, 3.8) is 0 Å². The zero-order chi connectivity index (χ0) is 10.7. The quantitative estimate of drug-likeness (QED) is 0.709. The van der Waals surface area contributed by atoms with Crippen molar-refractivity contribution in [1.82, 2.24) is 25.5 Å². The van der Waals surface area contributed by atoms with Gasteiger partial charge in [0.05, 0.1) is 6.10 Å². The van der Waals surface area contributed by atoms with Gasteiger partial charge < -0.3 is 9.64 Å². The molecule has 15 heavy (non-hydrogen) atoms. The van der Waals surface area contributed by atoms with E-state index >= 15 is 0 Å². The summed E-state index contributed by atoms with van der Waals surface area (Å²) in [5, 5.41) is 12.9. The molecule has 0 radical (unpaired) electrons. The Kier molecular flexibility index (Phi) is 2.91. The van der Waals surface area contributed by atoms with Gasteiger partial charge in [-0.05, 0) is 18.1 Å². The van der Waals surface area contributed by atoms with E-state index in [1.165, 1.54) is 0 Å². The van der Waals surface area contributed by atoms with Crippen LogP contribution in [0.15, 0.2) is 0 Å². The fraction of sp³-hybridized carbons (Fsp3) is 0.750. The average Bonchev–Trinajstić information content (AvgIpc) is 2.82. The van der Waals surface area contributed by atoms with E-state index in [1.807, 2.05) is 0 Å². The first kappa shape index (κ1) is 10.0.